The minimum atomic E-state index is -0.432. The van der Waals surface area contributed by atoms with Crippen LogP contribution in [0.3, 0.4) is 0 Å². The first-order valence-electron chi connectivity index (χ1n) is 7.94. The van der Waals surface area contributed by atoms with Crippen molar-refractivity contribution in [1.82, 2.24) is 10.0 Å². The zero-order valence-corrected chi connectivity index (χ0v) is 14.6. The van der Waals surface area contributed by atoms with Crippen LogP contribution in [0.25, 0.3) is 0 Å². The summed E-state index contributed by atoms with van der Waals surface area (Å²) in [6.07, 6.45) is 0.243. The molecule has 3 nitrogen and oxygen atoms in total. The number of halogens is 3. The highest BCUT2D eigenvalue weighted by Gasteiger charge is 2.30. The van der Waals surface area contributed by atoms with Gasteiger partial charge in [0.2, 0.25) is 0 Å². The number of hydrogen-bond acceptors (Lipinski definition) is 3. The van der Waals surface area contributed by atoms with Crippen molar-refractivity contribution < 1.29 is 13.5 Å². The highest BCUT2D eigenvalue weighted by molar-refractivity contribution is 9.10. The predicted molar refractivity (Wildman–Crippen MR) is 89.8 cm³/mol. The first-order valence-corrected chi connectivity index (χ1v) is 8.73. The zero-order valence-electron chi connectivity index (χ0n) is 13.0. The molecule has 1 atom stereocenters. The molecule has 1 fully saturated rings. The molecule has 1 unspecified atom stereocenters. The van der Waals surface area contributed by atoms with Crippen LogP contribution in [-0.2, 0) is 17.8 Å². The number of hydrogen-bond donors (Lipinski definition) is 0. The van der Waals surface area contributed by atoms with E-state index in [0.29, 0.717) is 18.7 Å². The van der Waals surface area contributed by atoms with Gasteiger partial charge in [-0.2, -0.15) is 0 Å². The predicted octanol–water partition coefficient (Wildman–Crippen LogP) is 4.38. The molecule has 0 aliphatic carbocycles. The van der Waals surface area contributed by atoms with E-state index in [2.05, 4.69) is 44.1 Å². The van der Waals surface area contributed by atoms with Gasteiger partial charge < -0.3 is 4.74 Å². The molecular formula is C18H17BrF2N2O. The highest BCUT2D eigenvalue weighted by Crippen LogP contribution is 2.32. The minimum Gasteiger partial charge on any atom is -0.357 e. The Bertz CT molecular complexity index is 763. The van der Waals surface area contributed by atoms with Crippen molar-refractivity contribution in [2.24, 2.45) is 0 Å². The van der Waals surface area contributed by atoms with Gasteiger partial charge in [0.15, 0.2) is 0 Å². The summed E-state index contributed by atoms with van der Waals surface area (Å²) in [5, 5.41) is 4.39. The average molecular weight is 395 g/mol. The van der Waals surface area contributed by atoms with Crippen LogP contribution < -0.4 is 0 Å². The normalized spacial score (nSPS) is 21.9. The Morgan fingerprint density at radius 1 is 1.00 bits per heavy atom. The van der Waals surface area contributed by atoms with Gasteiger partial charge in [-0.1, -0.05) is 22.0 Å². The molecule has 2 aromatic rings. The van der Waals surface area contributed by atoms with E-state index in [1.54, 1.807) is 0 Å². The summed E-state index contributed by atoms with van der Waals surface area (Å²) in [6, 6.07) is 9.86. The van der Waals surface area contributed by atoms with Gasteiger partial charge in [-0.3, -0.25) is 0 Å². The monoisotopic (exact) mass is 394 g/mol. The van der Waals surface area contributed by atoms with Gasteiger partial charge in [-0.25, -0.2) is 18.8 Å². The second-order valence-corrected chi connectivity index (χ2v) is 7.12. The van der Waals surface area contributed by atoms with Gasteiger partial charge in [0, 0.05) is 29.7 Å². The first-order chi connectivity index (χ1) is 11.6. The van der Waals surface area contributed by atoms with Crippen molar-refractivity contribution in [3.8, 4) is 0 Å². The van der Waals surface area contributed by atoms with E-state index in [1.165, 1.54) is 17.2 Å². The number of nitrogens with zero attached hydrogens (tertiary/aromatic N) is 2. The van der Waals surface area contributed by atoms with E-state index in [9.17, 15) is 8.78 Å². The molecule has 6 heteroatoms. The highest BCUT2D eigenvalue weighted by atomic mass is 79.9. The molecule has 0 aromatic heterocycles. The minimum absolute atomic E-state index is 0.309. The number of ether oxygens (including phenoxy) is 1. The molecule has 126 valence electrons. The Balaban J connectivity index is 1.41. The lowest BCUT2D eigenvalue weighted by Gasteiger charge is -2.37. The third-order valence-electron chi connectivity index (χ3n) is 4.65. The molecule has 4 rings (SSSR count). The van der Waals surface area contributed by atoms with E-state index < -0.39 is 17.7 Å². The molecule has 0 spiro atoms. The molecule has 0 radical (unpaired) electrons. The van der Waals surface area contributed by atoms with Crippen molar-refractivity contribution in [2.45, 2.75) is 25.6 Å². The van der Waals surface area contributed by atoms with Crippen LogP contribution in [-0.4, -0.2) is 23.3 Å². The van der Waals surface area contributed by atoms with Gasteiger partial charge >= 0.3 is 0 Å². The molecule has 2 aliphatic rings. The lowest BCUT2D eigenvalue weighted by molar-refractivity contribution is -0.168. The van der Waals surface area contributed by atoms with Gasteiger partial charge in [-0.05, 0) is 47.9 Å². The zero-order chi connectivity index (χ0) is 16.7. The Morgan fingerprint density at radius 3 is 2.62 bits per heavy atom. The third-order valence-corrected chi connectivity index (χ3v) is 5.15. The molecule has 0 saturated carbocycles. The third kappa shape index (κ3) is 3.11. The van der Waals surface area contributed by atoms with E-state index >= 15 is 0 Å². The number of hydrazine groups is 1. The SMILES string of the molecule is Fc1ccc(F)c(C2CCN(N3Cc4ccc(Br)cc4C3)CO2)c1. The molecule has 2 aromatic carbocycles. The summed E-state index contributed by atoms with van der Waals surface area (Å²) >= 11 is 3.50. The van der Waals surface area contributed by atoms with Crippen LogP contribution in [0.5, 0.6) is 0 Å². The molecule has 0 bridgehead atoms. The molecule has 1 saturated heterocycles. The van der Waals surface area contributed by atoms with Gasteiger partial charge in [0.1, 0.15) is 18.4 Å². The smallest absolute Gasteiger partial charge is 0.129 e. The molecule has 2 aliphatic heterocycles. The molecule has 0 N–H and O–H groups in total. The fourth-order valence-corrected chi connectivity index (χ4v) is 3.77. The second-order valence-electron chi connectivity index (χ2n) is 6.20. The van der Waals surface area contributed by atoms with Gasteiger partial charge in [0.25, 0.3) is 0 Å². The fourth-order valence-electron chi connectivity index (χ4n) is 3.36. The van der Waals surface area contributed by atoms with Crippen molar-refractivity contribution in [3.05, 3.63) is 69.2 Å². The first kappa shape index (κ1) is 16.1. The summed E-state index contributed by atoms with van der Waals surface area (Å²) < 4.78 is 34.2. The van der Waals surface area contributed by atoms with Crippen LogP contribution in [0.15, 0.2) is 40.9 Å². The summed E-state index contributed by atoms with van der Waals surface area (Å²) in [5.74, 6) is -0.841. The average Bonchev–Trinajstić information content (AvgIpc) is 3.00. The molecule has 0 amide bonds. The molecular weight excluding hydrogens is 378 g/mol. The standard InChI is InChI=1S/C18H17BrF2N2O/c19-14-2-1-12-9-23(10-13(12)7-14)22-6-5-18(24-11-22)16-8-15(20)3-4-17(16)21/h1-4,7-8,18H,5-6,9-11H2. The van der Waals surface area contributed by atoms with Crippen LogP contribution >= 0.6 is 15.9 Å². The van der Waals surface area contributed by atoms with Crippen LogP contribution in [0.2, 0.25) is 0 Å². The summed E-state index contributed by atoms with van der Waals surface area (Å²) in [5.41, 5.74) is 2.93. The summed E-state index contributed by atoms with van der Waals surface area (Å²) in [4.78, 5) is 0. The van der Waals surface area contributed by atoms with Crippen LogP contribution in [0.4, 0.5) is 8.78 Å². The number of fused-ring (bicyclic) bond motifs is 1. The Labute approximate surface area is 147 Å². The Morgan fingerprint density at radius 2 is 1.83 bits per heavy atom. The maximum absolute atomic E-state index is 13.9. The Kier molecular flexibility index (Phi) is 4.39. The van der Waals surface area contributed by atoms with Crippen molar-refractivity contribution in [3.63, 3.8) is 0 Å². The largest absolute Gasteiger partial charge is 0.357 e. The quantitative estimate of drug-likeness (QED) is 0.751. The maximum atomic E-state index is 13.9. The molecule has 24 heavy (non-hydrogen) atoms. The lowest BCUT2D eigenvalue weighted by atomic mass is 10.0. The molecule has 2 heterocycles. The Hall–Kier alpha value is -1.34. The summed E-state index contributed by atoms with van der Waals surface area (Å²) in [7, 11) is 0. The van der Waals surface area contributed by atoms with E-state index in [-0.39, 0.29) is 0 Å². The topological polar surface area (TPSA) is 15.7 Å². The maximum Gasteiger partial charge on any atom is 0.129 e. The van der Waals surface area contributed by atoms with E-state index in [4.69, 9.17) is 4.74 Å². The van der Waals surface area contributed by atoms with Crippen molar-refractivity contribution >= 4 is 15.9 Å². The fraction of sp³-hybridized carbons (Fsp3) is 0.333. The summed E-state index contributed by atoms with van der Waals surface area (Å²) in [6.45, 7) is 2.84. The van der Waals surface area contributed by atoms with Crippen molar-refractivity contribution in [1.29, 1.82) is 0 Å². The van der Waals surface area contributed by atoms with Crippen molar-refractivity contribution in [2.75, 3.05) is 13.3 Å². The van der Waals surface area contributed by atoms with E-state index in [1.807, 2.05) is 0 Å². The van der Waals surface area contributed by atoms with Crippen LogP contribution in [0, 0.1) is 11.6 Å². The number of rotatable bonds is 2. The number of benzene rings is 2. The lowest BCUT2D eigenvalue weighted by Crippen LogP contribution is -2.45. The van der Waals surface area contributed by atoms with Gasteiger partial charge in [-0.15, -0.1) is 0 Å². The van der Waals surface area contributed by atoms with Gasteiger partial charge in [0.05, 0.1) is 6.10 Å². The second kappa shape index (κ2) is 6.52. The van der Waals surface area contributed by atoms with Crippen LogP contribution in [0.1, 0.15) is 29.2 Å². The van der Waals surface area contributed by atoms with E-state index in [0.717, 1.165) is 36.2 Å².